The number of rotatable bonds is 7. The quantitative estimate of drug-likeness (QED) is 0.724. The van der Waals surface area contributed by atoms with Crippen molar-refractivity contribution < 1.29 is 8.42 Å². The first-order valence-corrected chi connectivity index (χ1v) is 8.34. The van der Waals surface area contributed by atoms with Gasteiger partial charge in [0.2, 0.25) is 10.0 Å². The highest BCUT2D eigenvalue weighted by molar-refractivity contribution is 7.89. The standard InChI is InChI=1S/C14H29NO2S/c1-12(2)13(3)15-18(16,17)11-9-7-8-10-14(4,5)6/h7-8,12-13,15H,9-11H2,1-6H3/b8-7+/t13-/m1/s1. The van der Waals surface area contributed by atoms with Crippen molar-refractivity contribution in [3.8, 4) is 0 Å². The third-order valence-corrected chi connectivity index (χ3v) is 4.32. The fourth-order valence-electron chi connectivity index (χ4n) is 1.26. The second-order valence-corrected chi connectivity index (χ2v) is 8.37. The molecular formula is C14H29NO2S. The van der Waals surface area contributed by atoms with Crippen molar-refractivity contribution in [2.45, 2.75) is 60.4 Å². The molecule has 0 amide bonds. The predicted molar refractivity (Wildman–Crippen MR) is 79.1 cm³/mol. The summed E-state index contributed by atoms with van der Waals surface area (Å²) < 4.78 is 26.2. The van der Waals surface area contributed by atoms with Gasteiger partial charge in [0, 0.05) is 6.04 Å². The van der Waals surface area contributed by atoms with Crippen LogP contribution in [0.1, 0.15) is 54.4 Å². The van der Waals surface area contributed by atoms with E-state index >= 15 is 0 Å². The Morgan fingerprint density at radius 1 is 1.11 bits per heavy atom. The molecule has 0 aromatic heterocycles. The van der Waals surface area contributed by atoms with Crippen molar-refractivity contribution in [1.82, 2.24) is 4.72 Å². The minimum Gasteiger partial charge on any atom is -0.212 e. The van der Waals surface area contributed by atoms with Gasteiger partial charge in [-0.2, -0.15) is 0 Å². The summed E-state index contributed by atoms with van der Waals surface area (Å²) in [6, 6.07) is -0.00597. The maximum absolute atomic E-state index is 11.8. The van der Waals surface area contributed by atoms with E-state index in [9.17, 15) is 8.42 Å². The van der Waals surface area contributed by atoms with Gasteiger partial charge in [0.1, 0.15) is 0 Å². The van der Waals surface area contributed by atoms with Crippen LogP contribution >= 0.6 is 0 Å². The van der Waals surface area contributed by atoms with Gasteiger partial charge < -0.3 is 0 Å². The van der Waals surface area contributed by atoms with Crippen LogP contribution < -0.4 is 4.72 Å². The summed E-state index contributed by atoms with van der Waals surface area (Å²) in [5.74, 6) is 0.487. The zero-order chi connectivity index (χ0) is 14.4. The van der Waals surface area contributed by atoms with Gasteiger partial charge in [-0.3, -0.25) is 0 Å². The van der Waals surface area contributed by atoms with Gasteiger partial charge in [-0.1, -0.05) is 46.8 Å². The first kappa shape index (κ1) is 17.6. The van der Waals surface area contributed by atoms with E-state index in [1.807, 2.05) is 26.8 Å². The van der Waals surface area contributed by atoms with Gasteiger partial charge in [-0.25, -0.2) is 13.1 Å². The van der Waals surface area contributed by atoms with Crippen LogP contribution in [0.3, 0.4) is 0 Å². The van der Waals surface area contributed by atoms with Gasteiger partial charge in [-0.15, -0.1) is 0 Å². The fourth-order valence-corrected chi connectivity index (χ4v) is 2.66. The maximum Gasteiger partial charge on any atom is 0.212 e. The lowest BCUT2D eigenvalue weighted by Crippen LogP contribution is -2.37. The van der Waals surface area contributed by atoms with Crippen LogP contribution in [0.4, 0.5) is 0 Å². The largest absolute Gasteiger partial charge is 0.212 e. The molecule has 0 aromatic carbocycles. The average molecular weight is 275 g/mol. The van der Waals surface area contributed by atoms with Gasteiger partial charge in [-0.05, 0) is 31.1 Å². The van der Waals surface area contributed by atoms with E-state index in [-0.39, 0.29) is 17.2 Å². The van der Waals surface area contributed by atoms with Crippen molar-refractivity contribution >= 4 is 10.0 Å². The Balaban J connectivity index is 4.06. The Morgan fingerprint density at radius 3 is 2.11 bits per heavy atom. The Labute approximate surface area is 113 Å². The van der Waals surface area contributed by atoms with Gasteiger partial charge >= 0.3 is 0 Å². The zero-order valence-electron chi connectivity index (χ0n) is 12.7. The number of sulfonamides is 1. The second kappa shape index (κ2) is 7.29. The van der Waals surface area contributed by atoms with E-state index in [1.54, 1.807) is 0 Å². The van der Waals surface area contributed by atoms with Crippen LogP contribution in [-0.4, -0.2) is 20.2 Å². The van der Waals surface area contributed by atoms with E-state index in [1.165, 1.54) is 0 Å². The van der Waals surface area contributed by atoms with Crippen LogP contribution in [0.15, 0.2) is 12.2 Å². The van der Waals surface area contributed by atoms with Crippen molar-refractivity contribution in [3.05, 3.63) is 12.2 Å². The minimum atomic E-state index is -3.14. The van der Waals surface area contributed by atoms with Crippen LogP contribution in [0.2, 0.25) is 0 Å². The van der Waals surface area contributed by atoms with E-state index in [2.05, 4.69) is 31.6 Å². The topological polar surface area (TPSA) is 46.2 Å². The molecule has 0 radical (unpaired) electrons. The number of hydrogen-bond donors (Lipinski definition) is 1. The summed E-state index contributed by atoms with van der Waals surface area (Å²) in [7, 11) is -3.14. The molecule has 0 bridgehead atoms. The molecule has 0 rings (SSSR count). The monoisotopic (exact) mass is 275 g/mol. The molecular weight excluding hydrogens is 246 g/mol. The molecule has 1 atom stereocenters. The highest BCUT2D eigenvalue weighted by Crippen LogP contribution is 2.18. The molecule has 4 heteroatoms. The Kier molecular flexibility index (Phi) is 7.15. The van der Waals surface area contributed by atoms with Crippen molar-refractivity contribution in [1.29, 1.82) is 0 Å². The molecule has 18 heavy (non-hydrogen) atoms. The lowest BCUT2D eigenvalue weighted by Gasteiger charge is -2.17. The Morgan fingerprint density at radius 2 is 1.67 bits per heavy atom. The molecule has 0 aromatic rings. The Bertz CT molecular complexity index is 350. The first-order valence-electron chi connectivity index (χ1n) is 6.68. The fraction of sp³-hybridized carbons (Fsp3) is 0.857. The van der Waals surface area contributed by atoms with Gasteiger partial charge in [0.15, 0.2) is 0 Å². The van der Waals surface area contributed by atoms with Crippen molar-refractivity contribution in [2.75, 3.05) is 5.75 Å². The average Bonchev–Trinajstić information content (AvgIpc) is 2.14. The van der Waals surface area contributed by atoms with Crippen LogP contribution in [0, 0.1) is 11.3 Å². The SMILES string of the molecule is CC(C)[C@@H](C)NS(=O)(=O)CC/C=C/CC(C)(C)C. The first-order chi connectivity index (χ1) is 8.03. The van der Waals surface area contributed by atoms with E-state index < -0.39 is 10.0 Å². The molecule has 0 fully saturated rings. The summed E-state index contributed by atoms with van der Waals surface area (Å²) in [4.78, 5) is 0. The predicted octanol–water partition coefficient (Wildman–Crippen LogP) is 3.33. The maximum atomic E-state index is 11.8. The molecule has 1 N–H and O–H groups in total. The number of allylic oxidation sites excluding steroid dienone is 2. The minimum absolute atomic E-state index is 0.00597. The van der Waals surface area contributed by atoms with Gasteiger partial charge in [0.05, 0.1) is 5.75 Å². The summed E-state index contributed by atoms with van der Waals surface area (Å²) in [5, 5.41) is 0. The normalized spacial score (nSPS) is 15.5. The molecule has 0 aliphatic rings. The summed E-state index contributed by atoms with van der Waals surface area (Å²) in [6.45, 7) is 12.4. The summed E-state index contributed by atoms with van der Waals surface area (Å²) in [5.41, 5.74) is 0.264. The van der Waals surface area contributed by atoms with Crippen LogP contribution in [0.25, 0.3) is 0 Å². The third kappa shape index (κ3) is 9.66. The van der Waals surface area contributed by atoms with Crippen LogP contribution in [0.5, 0.6) is 0 Å². The molecule has 0 heterocycles. The van der Waals surface area contributed by atoms with E-state index in [4.69, 9.17) is 0 Å². The summed E-state index contributed by atoms with van der Waals surface area (Å²) in [6.07, 6.45) is 5.59. The van der Waals surface area contributed by atoms with Crippen molar-refractivity contribution in [2.24, 2.45) is 11.3 Å². The molecule has 108 valence electrons. The van der Waals surface area contributed by atoms with Gasteiger partial charge in [0.25, 0.3) is 0 Å². The third-order valence-electron chi connectivity index (χ3n) is 2.82. The molecule has 0 aliphatic carbocycles. The highest BCUT2D eigenvalue weighted by atomic mass is 32.2. The van der Waals surface area contributed by atoms with Crippen molar-refractivity contribution in [3.63, 3.8) is 0 Å². The molecule has 0 saturated heterocycles. The highest BCUT2D eigenvalue weighted by Gasteiger charge is 2.15. The zero-order valence-corrected chi connectivity index (χ0v) is 13.5. The molecule has 0 aliphatic heterocycles. The molecule has 3 nitrogen and oxygen atoms in total. The summed E-state index contributed by atoms with van der Waals surface area (Å²) >= 11 is 0. The van der Waals surface area contributed by atoms with E-state index in [0.717, 1.165) is 6.42 Å². The molecule has 0 spiro atoms. The second-order valence-electron chi connectivity index (χ2n) is 6.49. The Hall–Kier alpha value is -0.350. The molecule has 0 unspecified atom stereocenters. The lowest BCUT2D eigenvalue weighted by molar-refractivity contribution is 0.420. The smallest absolute Gasteiger partial charge is 0.212 e. The van der Waals surface area contributed by atoms with Crippen LogP contribution in [-0.2, 0) is 10.0 Å². The number of nitrogens with one attached hydrogen (secondary N) is 1. The van der Waals surface area contributed by atoms with E-state index in [0.29, 0.717) is 12.3 Å². The number of hydrogen-bond acceptors (Lipinski definition) is 2. The lowest BCUT2D eigenvalue weighted by atomic mass is 9.92. The molecule has 0 saturated carbocycles.